The van der Waals surface area contributed by atoms with Crippen molar-refractivity contribution in [2.75, 3.05) is 18.4 Å². The van der Waals surface area contributed by atoms with E-state index in [-0.39, 0.29) is 11.8 Å². The van der Waals surface area contributed by atoms with Crippen LogP contribution in [0.25, 0.3) is 0 Å². The second kappa shape index (κ2) is 7.97. The summed E-state index contributed by atoms with van der Waals surface area (Å²) >= 11 is 0. The van der Waals surface area contributed by atoms with Gasteiger partial charge in [-0.3, -0.25) is 9.59 Å². The van der Waals surface area contributed by atoms with E-state index in [0.717, 1.165) is 16.7 Å². The van der Waals surface area contributed by atoms with Gasteiger partial charge in [-0.2, -0.15) is 0 Å². The first-order valence-corrected chi connectivity index (χ1v) is 8.65. The van der Waals surface area contributed by atoms with E-state index in [1.54, 1.807) is 29.2 Å². The number of hydrogen-bond acceptors (Lipinski definition) is 2. The van der Waals surface area contributed by atoms with Crippen LogP contribution in [-0.4, -0.2) is 29.8 Å². The van der Waals surface area contributed by atoms with Crippen molar-refractivity contribution < 1.29 is 9.59 Å². The van der Waals surface area contributed by atoms with Crippen LogP contribution in [0.3, 0.4) is 0 Å². The van der Waals surface area contributed by atoms with Gasteiger partial charge in [-0.1, -0.05) is 17.7 Å². The van der Waals surface area contributed by atoms with Crippen molar-refractivity contribution >= 4 is 17.5 Å². The molecule has 0 aliphatic rings. The first kappa shape index (κ1) is 18.7. The fourth-order valence-corrected chi connectivity index (χ4v) is 3.12. The third kappa shape index (κ3) is 4.27. The Bertz CT molecular complexity index is 752. The summed E-state index contributed by atoms with van der Waals surface area (Å²) in [6.45, 7) is 11.2. The maximum absolute atomic E-state index is 12.6. The standard InChI is InChI=1S/C21H26N2O2/c1-6-23(7-2)21(25)17-8-10-18(11-9-17)22-20(24)19-15(4)12-14(3)13-16(19)5/h8-13H,6-7H2,1-5H3,(H,22,24). The molecule has 2 aromatic rings. The topological polar surface area (TPSA) is 49.4 Å². The van der Waals surface area contributed by atoms with Crippen LogP contribution in [0.1, 0.15) is 51.3 Å². The van der Waals surface area contributed by atoms with Gasteiger partial charge >= 0.3 is 0 Å². The Morgan fingerprint density at radius 2 is 1.44 bits per heavy atom. The van der Waals surface area contributed by atoms with Crippen molar-refractivity contribution in [3.63, 3.8) is 0 Å². The zero-order chi connectivity index (χ0) is 18.6. The minimum atomic E-state index is -0.127. The van der Waals surface area contributed by atoms with Crippen LogP contribution in [0, 0.1) is 20.8 Å². The minimum Gasteiger partial charge on any atom is -0.339 e. The number of carbonyl (C=O) groups is 2. The maximum Gasteiger partial charge on any atom is 0.256 e. The predicted molar refractivity (Wildman–Crippen MR) is 102 cm³/mol. The Balaban J connectivity index is 2.17. The molecule has 4 nitrogen and oxygen atoms in total. The Morgan fingerprint density at radius 1 is 0.920 bits per heavy atom. The van der Waals surface area contributed by atoms with Gasteiger partial charge in [0.1, 0.15) is 0 Å². The quantitative estimate of drug-likeness (QED) is 0.881. The molecule has 25 heavy (non-hydrogen) atoms. The maximum atomic E-state index is 12.6. The Labute approximate surface area is 149 Å². The Kier molecular flexibility index (Phi) is 5.97. The third-order valence-electron chi connectivity index (χ3n) is 4.34. The molecule has 2 amide bonds. The number of hydrogen-bond donors (Lipinski definition) is 1. The number of benzene rings is 2. The lowest BCUT2D eigenvalue weighted by Gasteiger charge is -2.18. The summed E-state index contributed by atoms with van der Waals surface area (Å²) in [7, 11) is 0. The van der Waals surface area contributed by atoms with Crippen molar-refractivity contribution in [3.05, 3.63) is 64.2 Å². The van der Waals surface area contributed by atoms with Gasteiger partial charge in [-0.25, -0.2) is 0 Å². The van der Waals surface area contributed by atoms with Gasteiger partial charge in [-0.15, -0.1) is 0 Å². The average molecular weight is 338 g/mol. The lowest BCUT2D eigenvalue weighted by atomic mass is 9.99. The lowest BCUT2D eigenvalue weighted by molar-refractivity contribution is 0.0773. The highest BCUT2D eigenvalue weighted by molar-refractivity contribution is 6.06. The monoisotopic (exact) mass is 338 g/mol. The number of rotatable bonds is 5. The smallest absolute Gasteiger partial charge is 0.256 e. The summed E-state index contributed by atoms with van der Waals surface area (Å²) in [4.78, 5) is 26.7. The average Bonchev–Trinajstić information content (AvgIpc) is 2.55. The highest BCUT2D eigenvalue weighted by Crippen LogP contribution is 2.19. The molecule has 2 aromatic carbocycles. The molecule has 0 bridgehead atoms. The van der Waals surface area contributed by atoms with Crippen LogP contribution < -0.4 is 5.32 Å². The summed E-state index contributed by atoms with van der Waals surface area (Å²) in [6, 6.07) is 11.1. The molecule has 132 valence electrons. The fraction of sp³-hybridized carbons (Fsp3) is 0.333. The van der Waals surface area contributed by atoms with Gasteiger partial charge in [0.15, 0.2) is 0 Å². The van der Waals surface area contributed by atoms with Crippen LogP contribution in [-0.2, 0) is 0 Å². The minimum absolute atomic E-state index is 0.00750. The zero-order valence-corrected chi connectivity index (χ0v) is 15.6. The molecular weight excluding hydrogens is 312 g/mol. The van der Waals surface area contributed by atoms with Crippen LogP contribution in [0.4, 0.5) is 5.69 Å². The van der Waals surface area contributed by atoms with Crippen LogP contribution in [0.5, 0.6) is 0 Å². The van der Waals surface area contributed by atoms with Gasteiger partial charge < -0.3 is 10.2 Å². The van der Waals surface area contributed by atoms with E-state index in [0.29, 0.717) is 29.9 Å². The summed E-state index contributed by atoms with van der Waals surface area (Å²) in [5.41, 5.74) is 5.08. The van der Waals surface area contributed by atoms with Crippen molar-refractivity contribution in [3.8, 4) is 0 Å². The fourth-order valence-electron chi connectivity index (χ4n) is 3.12. The van der Waals surface area contributed by atoms with Gasteiger partial charge in [0.2, 0.25) is 0 Å². The molecule has 0 saturated carbocycles. The SMILES string of the molecule is CCN(CC)C(=O)c1ccc(NC(=O)c2c(C)cc(C)cc2C)cc1. The molecule has 1 N–H and O–H groups in total. The summed E-state index contributed by atoms with van der Waals surface area (Å²) < 4.78 is 0. The molecule has 0 saturated heterocycles. The first-order valence-electron chi connectivity index (χ1n) is 8.65. The van der Waals surface area contributed by atoms with Crippen LogP contribution >= 0.6 is 0 Å². The lowest BCUT2D eigenvalue weighted by Crippen LogP contribution is -2.30. The van der Waals surface area contributed by atoms with Crippen LogP contribution in [0.2, 0.25) is 0 Å². The van der Waals surface area contributed by atoms with E-state index < -0.39 is 0 Å². The predicted octanol–water partition coefficient (Wildman–Crippen LogP) is 4.35. The highest BCUT2D eigenvalue weighted by Gasteiger charge is 2.15. The summed E-state index contributed by atoms with van der Waals surface area (Å²) in [6.07, 6.45) is 0. The van der Waals surface area contributed by atoms with Gasteiger partial charge in [-0.05, 0) is 70.0 Å². The van der Waals surface area contributed by atoms with Crippen molar-refractivity contribution in [1.29, 1.82) is 0 Å². The molecule has 0 radical (unpaired) electrons. The molecule has 0 aliphatic heterocycles. The largest absolute Gasteiger partial charge is 0.339 e. The molecule has 0 fully saturated rings. The molecule has 0 heterocycles. The Hall–Kier alpha value is -2.62. The second-order valence-electron chi connectivity index (χ2n) is 6.28. The second-order valence-corrected chi connectivity index (χ2v) is 6.28. The van der Waals surface area contributed by atoms with E-state index in [1.165, 1.54) is 0 Å². The van der Waals surface area contributed by atoms with Crippen molar-refractivity contribution in [2.45, 2.75) is 34.6 Å². The summed E-state index contributed by atoms with van der Waals surface area (Å²) in [5, 5.41) is 2.92. The molecule has 0 spiro atoms. The normalized spacial score (nSPS) is 10.4. The summed E-state index contributed by atoms with van der Waals surface area (Å²) in [5.74, 6) is -0.120. The van der Waals surface area contributed by atoms with E-state index in [1.807, 2.05) is 46.8 Å². The third-order valence-corrected chi connectivity index (χ3v) is 4.34. The van der Waals surface area contributed by atoms with E-state index in [4.69, 9.17) is 0 Å². The number of nitrogens with zero attached hydrogens (tertiary/aromatic N) is 1. The van der Waals surface area contributed by atoms with E-state index in [2.05, 4.69) is 5.32 Å². The molecule has 0 aromatic heterocycles. The number of nitrogens with one attached hydrogen (secondary N) is 1. The molecule has 0 atom stereocenters. The number of anilines is 1. The van der Waals surface area contributed by atoms with Crippen LogP contribution in [0.15, 0.2) is 36.4 Å². The van der Waals surface area contributed by atoms with Crippen molar-refractivity contribution in [1.82, 2.24) is 4.90 Å². The van der Waals surface area contributed by atoms with Gasteiger partial charge in [0.05, 0.1) is 0 Å². The Morgan fingerprint density at radius 3 is 1.92 bits per heavy atom. The van der Waals surface area contributed by atoms with E-state index in [9.17, 15) is 9.59 Å². The molecule has 0 aliphatic carbocycles. The molecule has 0 unspecified atom stereocenters. The first-order chi connectivity index (χ1) is 11.9. The van der Waals surface area contributed by atoms with Gasteiger partial charge in [0.25, 0.3) is 11.8 Å². The molecule has 2 rings (SSSR count). The zero-order valence-electron chi connectivity index (χ0n) is 15.6. The van der Waals surface area contributed by atoms with Gasteiger partial charge in [0, 0.05) is 29.9 Å². The number of aryl methyl sites for hydroxylation is 3. The molecular formula is C21H26N2O2. The number of amides is 2. The van der Waals surface area contributed by atoms with E-state index >= 15 is 0 Å². The molecule has 4 heteroatoms. The number of carbonyl (C=O) groups excluding carboxylic acids is 2. The van der Waals surface area contributed by atoms with Crippen molar-refractivity contribution in [2.24, 2.45) is 0 Å². The highest BCUT2D eigenvalue weighted by atomic mass is 16.2.